The summed E-state index contributed by atoms with van der Waals surface area (Å²) in [5, 5.41) is 1.16. The van der Waals surface area contributed by atoms with Crippen LogP contribution in [0.15, 0.2) is 65.6 Å². The number of fused-ring (bicyclic) bond motifs is 1. The predicted octanol–water partition coefficient (Wildman–Crippen LogP) is 5.31. The molecule has 0 saturated carbocycles. The lowest BCUT2D eigenvalue weighted by Gasteiger charge is -2.13. The molecule has 0 aliphatic rings. The second-order valence-corrected chi connectivity index (χ2v) is 7.34. The molecule has 130 valence electrons. The minimum absolute atomic E-state index is 0.104. The number of hydrogen-bond donors (Lipinski definition) is 1. The van der Waals surface area contributed by atoms with E-state index < -0.39 is 21.8 Å². The predicted molar refractivity (Wildman–Crippen MR) is 91.2 cm³/mol. The van der Waals surface area contributed by atoms with E-state index in [1.54, 1.807) is 30.3 Å². The monoisotopic (exact) mass is 385 g/mol. The topological polar surface area (TPSA) is 46.2 Å². The smallest absolute Gasteiger partial charge is 0.280 e. The second-order valence-electron chi connectivity index (χ2n) is 5.28. The molecule has 0 radical (unpaired) electrons. The van der Waals surface area contributed by atoms with Gasteiger partial charge in [-0.15, -0.1) is 0 Å². The summed E-state index contributed by atoms with van der Waals surface area (Å²) in [5.41, 5.74) is -1.12. The molecule has 0 atom stereocenters. The highest BCUT2D eigenvalue weighted by atomic mass is 35.5. The molecule has 0 fully saturated rings. The Morgan fingerprint density at radius 3 is 2.24 bits per heavy atom. The molecule has 3 aromatic carbocycles. The lowest BCUT2D eigenvalue weighted by Crippen LogP contribution is -2.14. The fourth-order valence-electron chi connectivity index (χ4n) is 2.46. The Morgan fingerprint density at radius 2 is 1.56 bits per heavy atom. The van der Waals surface area contributed by atoms with Gasteiger partial charge >= 0.3 is 6.18 Å². The molecule has 0 amide bonds. The third-order valence-corrected chi connectivity index (χ3v) is 5.29. The van der Waals surface area contributed by atoms with Crippen LogP contribution in [0.3, 0.4) is 0 Å². The maximum Gasteiger partial charge on any atom is 0.416 e. The summed E-state index contributed by atoms with van der Waals surface area (Å²) >= 11 is 6.12. The molecule has 8 heteroatoms. The van der Waals surface area contributed by atoms with Gasteiger partial charge in [-0.3, -0.25) is 4.72 Å². The van der Waals surface area contributed by atoms with Crippen LogP contribution in [0.2, 0.25) is 5.02 Å². The number of rotatable bonds is 3. The SMILES string of the molecule is O=S(=O)(Nc1cccc(C(F)(F)F)c1)c1cccc2cccc(Cl)c12. The first-order valence-corrected chi connectivity index (χ1v) is 8.92. The number of hydrogen-bond acceptors (Lipinski definition) is 2. The molecule has 3 nitrogen and oxygen atoms in total. The van der Waals surface area contributed by atoms with Crippen LogP contribution < -0.4 is 4.72 Å². The highest BCUT2D eigenvalue weighted by molar-refractivity contribution is 7.93. The Kier molecular flexibility index (Phi) is 4.38. The van der Waals surface area contributed by atoms with Crippen LogP contribution in [0.5, 0.6) is 0 Å². The number of nitrogens with one attached hydrogen (secondary N) is 1. The zero-order chi connectivity index (χ0) is 18.2. The van der Waals surface area contributed by atoms with Crippen molar-refractivity contribution in [3.05, 3.63) is 71.2 Å². The van der Waals surface area contributed by atoms with Crippen LogP contribution in [0.1, 0.15) is 5.56 Å². The number of sulfonamides is 1. The highest BCUT2D eigenvalue weighted by Gasteiger charge is 2.31. The van der Waals surface area contributed by atoms with E-state index >= 15 is 0 Å². The quantitative estimate of drug-likeness (QED) is 0.663. The van der Waals surface area contributed by atoms with Gasteiger partial charge in [-0.05, 0) is 35.7 Å². The van der Waals surface area contributed by atoms with E-state index in [1.807, 2.05) is 0 Å². The maximum atomic E-state index is 12.8. The van der Waals surface area contributed by atoms with Gasteiger partial charge in [0, 0.05) is 16.1 Å². The van der Waals surface area contributed by atoms with Crippen molar-refractivity contribution in [1.82, 2.24) is 0 Å². The minimum Gasteiger partial charge on any atom is -0.280 e. The fourth-order valence-corrected chi connectivity index (χ4v) is 4.10. The van der Waals surface area contributed by atoms with Crippen LogP contribution in [0.4, 0.5) is 18.9 Å². The number of benzene rings is 3. The normalized spacial score (nSPS) is 12.3. The second kappa shape index (κ2) is 6.24. The summed E-state index contributed by atoms with van der Waals surface area (Å²) in [5.74, 6) is 0. The number of alkyl halides is 3. The first-order chi connectivity index (χ1) is 11.7. The Morgan fingerprint density at radius 1 is 0.920 bits per heavy atom. The molecule has 0 unspecified atom stereocenters. The van der Waals surface area contributed by atoms with Crippen molar-refractivity contribution in [2.45, 2.75) is 11.1 Å². The first kappa shape index (κ1) is 17.6. The lowest BCUT2D eigenvalue weighted by molar-refractivity contribution is -0.137. The van der Waals surface area contributed by atoms with Crippen LogP contribution in [0.25, 0.3) is 10.8 Å². The molecule has 1 N–H and O–H groups in total. The van der Waals surface area contributed by atoms with Gasteiger partial charge in [0.25, 0.3) is 10.0 Å². The minimum atomic E-state index is -4.57. The summed E-state index contributed by atoms with van der Waals surface area (Å²) in [4.78, 5) is -0.104. The van der Waals surface area contributed by atoms with Gasteiger partial charge in [-0.1, -0.05) is 41.9 Å². The fraction of sp³-hybridized carbons (Fsp3) is 0.0588. The van der Waals surface area contributed by atoms with Gasteiger partial charge < -0.3 is 0 Å². The summed E-state index contributed by atoms with van der Waals surface area (Å²) in [6, 6.07) is 13.5. The zero-order valence-electron chi connectivity index (χ0n) is 12.5. The molecule has 0 spiro atoms. The van der Waals surface area contributed by atoms with E-state index in [9.17, 15) is 21.6 Å². The largest absolute Gasteiger partial charge is 0.416 e. The van der Waals surface area contributed by atoms with Gasteiger partial charge in [-0.25, -0.2) is 8.42 Å². The average Bonchev–Trinajstić information content (AvgIpc) is 2.54. The van der Waals surface area contributed by atoms with Crippen LogP contribution >= 0.6 is 11.6 Å². The van der Waals surface area contributed by atoms with E-state index in [0.717, 1.165) is 18.2 Å². The van der Waals surface area contributed by atoms with E-state index in [0.29, 0.717) is 10.8 Å². The van der Waals surface area contributed by atoms with Crippen molar-refractivity contribution in [2.24, 2.45) is 0 Å². The third-order valence-electron chi connectivity index (χ3n) is 3.55. The van der Waals surface area contributed by atoms with E-state index in [2.05, 4.69) is 4.72 Å². The van der Waals surface area contributed by atoms with Crippen molar-refractivity contribution < 1.29 is 21.6 Å². The summed E-state index contributed by atoms with van der Waals surface area (Å²) < 4.78 is 65.9. The third kappa shape index (κ3) is 3.57. The van der Waals surface area contributed by atoms with Crippen LogP contribution in [-0.4, -0.2) is 8.42 Å². The van der Waals surface area contributed by atoms with Crippen LogP contribution in [-0.2, 0) is 16.2 Å². The molecule has 0 bridgehead atoms. The van der Waals surface area contributed by atoms with Crippen molar-refractivity contribution in [1.29, 1.82) is 0 Å². The lowest BCUT2D eigenvalue weighted by atomic mass is 10.1. The van der Waals surface area contributed by atoms with Crippen molar-refractivity contribution >= 4 is 38.1 Å². The van der Waals surface area contributed by atoms with Gasteiger partial charge in [-0.2, -0.15) is 13.2 Å². The maximum absolute atomic E-state index is 12.8. The molecule has 3 rings (SSSR count). The molecule has 0 saturated heterocycles. The summed E-state index contributed by atoms with van der Waals surface area (Å²) in [6.07, 6.45) is -4.57. The van der Waals surface area contributed by atoms with Gasteiger partial charge in [0.1, 0.15) is 0 Å². The molecule has 0 aliphatic heterocycles. The molecule has 0 aromatic heterocycles. The Hall–Kier alpha value is -2.25. The van der Waals surface area contributed by atoms with Crippen molar-refractivity contribution in [3.8, 4) is 0 Å². The van der Waals surface area contributed by atoms with E-state index in [4.69, 9.17) is 11.6 Å². The van der Waals surface area contributed by atoms with Crippen molar-refractivity contribution in [3.63, 3.8) is 0 Å². The van der Waals surface area contributed by atoms with Crippen LogP contribution in [0, 0.1) is 0 Å². The summed E-state index contributed by atoms with van der Waals surface area (Å²) in [7, 11) is -4.13. The average molecular weight is 386 g/mol. The number of anilines is 1. The van der Waals surface area contributed by atoms with Gasteiger partial charge in [0.15, 0.2) is 0 Å². The molecule has 0 heterocycles. The Bertz CT molecular complexity index is 1040. The first-order valence-electron chi connectivity index (χ1n) is 7.06. The number of halogens is 4. The molecule has 25 heavy (non-hydrogen) atoms. The molecule has 0 aliphatic carbocycles. The molecule has 3 aromatic rings. The summed E-state index contributed by atoms with van der Waals surface area (Å²) in [6.45, 7) is 0. The molecular formula is C17H11ClF3NO2S. The van der Waals surface area contributed by atoms with Gasteiger partial charge in [0.05, 0.1) is 10.5 Å². The van der Waals surface area contributed by atoms with Crippen molar-refractivity contribution in [2.75, 3.05) is 4.72 Å². The van der Waals surface area contributed by atoms with Gasteiger partial charge in [0.2, 0.25) is 0 Å². The zero-order valence-corrected chi connectivity index (χ0v) is 14.1. The standard InChI is InChI=1S/C17H11ClF3NO2S/c18-14-8-1-4-11-5-2-9-15(16(11)14)25(23,24)22-13-7-3-6-12(10-13)17(19,20)21/h1-10,22H. The Balaban J connectivity index is 2.07. The Labute approximate surface area is 147 Å². The van der Waals surface area contributed by atoms with E-state index in [-0.39, 0.29) is 15.6 Å². The molecular weight excluding hydrogens is 375 g/mol. The highest BCUT2D eigenvalue weighted by Crippen LogP contribution is 2.33. The van der Waals surface area contributed by atoms with E-state index in [1.165, 1.54) is 12.1 Å².